The van der Waals surface area contributed by atoms with Gasteiger partial charge in [-0.25, -0.2) is 9.18 Å². The van der Waals surface area contributed by atoms with Crippen LogP contribution in [0.3, 0.4) is 0 Å². The molecule has 0 bridgehead atoms. The molecule has 2 unspecified atom stereocenters. The Morgan fingerprint density at radius 3 is 2.42 bits per heavy atom. The number of nitrogens with zero attached hydrogens (tertiary/aromatic N) is 5. The summed E-state index contributed by atoms with van der Waals surface area (Å²) in [5, 5.41) is 16.6. The zero-order valence-corrected chi connectivity index (χ0v) is 31.8. The van der Waals surface area contributed by atoms with Crippen LogP contribution in [0.2, 0.25) is 5.02 Å². The molecule has 13 nitrogen and oxygen atoms in total. The molecule has 290 valence electrons. The summed E-state index contributed by atoms with van der Waals surface area (Å²) in [5.41, 5.74) is 2.63. The van der Waals surface area contributed by atoms with E-state index in [4.69, 9.17) is 16.3 Å². The van der Waals surface area contributed by atoms with Gasteiger partial charge in [0, 0.05) is 76.2 Å². The summed E-state index contributed by atoms with van der Waals surface area (Å²) >= 11 is 6.81. The zero-order valence-electron chi connectivity index (χ0n) is 31.1. The summed E-state index contributed by atoms with van der Waals surface area (Å²) < 4.78 is 22.5. The number of aromatic nitrogens is 2. The van der Waals surface area contributed by atoms with Gasteiger partial charge in [-0.05, 0) is 91.3 Å². The number of urea groups is 1. The van der Waals surface area contributed by atoms with E-state index in [2.05, 4.69) is 15.6 Å². The predicted octanol–water partition coefficient (Wildman–Crippen LogP) is 4.95. The van der Waals surface area contributed by atoms with Crippen molar-refractivity contribution >= 4 is 45.9 Å². The van der Waals surface area contributed by atoms with E-state index in [1.807, 2.05) is 4.90 Å². The monoisotopic (exact) mass is 773 g/mol. The van der Waals surface area contributed by atoms with Gasteiger partial charge in [0.15, 0.2) is 0 Å². The van der Waals surface area contributed by atoms with E-state index in [0.29, 0.717) is 98.0 Å². The summed E-state index contributed by atoms with van der Waals surface area (Å²) in [7, 11) is 4.96. The molecule has 0 radical (unpaired) electrons. The highest BCUT2D eigenvalue weighted by Crippen LogP contribution is 2.37. The molecule has 0 saturated carbocycles. The molecule has 2 aromatic carbocycles. The molecule has 3 aliphatic heterocycles. The lowest BCUT2D eigenvalue weighted by Crippen LogP contribution is -2.52. The van der Waals surface area contributed by atoms with Gasteiger partial charge < -0.3 is 39.7 Å². The Morgan fingerprint density at radius 1 is 1.00 bits per heavy atom. The van der Waals surface area contributed by atoms with Crippen molar-refractivity contribution in [2.45, 2.75) is 62.8 Å². The number of carbonyl (C=O) groups excluding carboxylic acids is 3. The van der Waals surface area contributed by atoms with Crippen LogP contribution in [0.1, 0.15) is 60.4 Å². The average molecular weight is 774 g/mol. The number of aryl methyl sites for hydroxylation is 1. The van der Waals surface area contributed by atoms with Crippen molar-refractivity contribution in [1.29, 1.82) is 0 Å². The molecule has 55 heavy (non-hydrogen) atoms. The quantitative estimate of drug-likeness (QED) is 0.239. The number of carbonyl (C=O) groups is 3. The molecule has 2 aromatic heterocycles. The van der Waals surface area contributed by atoms with Crippen molar-refractivity contribution in [3.8, 4) is 16.9 Å². The maximum Gasteiger partial charge on any atom is 0.319 e. The van der Waals surface area contributed by atoms with Gasteiger partial charge in [-0.3, -0.25) is 19.4 Å². The van der Waals surface area contributed by atoms with Crippen LogP contribution in [-0.2, 0) is 11.8 Å². The van der Waals surface area contributed by atoms with Crippen LogP contribution in [0.5, 0.6) is 5.75 Å². The zero-order chi connectivity index (χ0) is 39.0. The van der Waals surface area contributed by atoms with E-state index >= 15 is 4.39 Å². The molecule has 4 aromatic rings. The van der Waals surface area contributed by atoms with Gasteiger partial charge in [0.1, 0.15) is 29.4 Å². The van der Waals surface area contributed by atoms with Gasteiger partial charge in [0.2, 0.25) is 5.91 Å². The molecule has 3 N–H and O–H groups in total. The molecule has 3 fully saturated rings. The Bertz CT molecular complexity index is 2180. The second-order valence-corrected chi connectivity index (χ2v) is 15.0. The van der Waals surface area contributed by atoms with E-state index in [0.717, 1.165) is 5.56 Å². The second-order valence-electron chi connectivity index (χ2n) is 14.6. The SMILES string of the molecule is COc1cc(-c2cn(C)c(=O)c3cnccc23)cc(Cl)c1C(=O)N1CCC(N(C)C(=O)N2CCC(c3ccc(NC4CCC(O)NC4=O)cc3F)CC2)CC1. The number of benzene rings is 2. The number of aliphatic hydroxyl groups is 1. The maximum atomic E-state index is 15.3. The summed E-state index contributed by atoms with van der Waals surface area (Å²) in [5.74, 6) is -0.641. The van der Waals surface area contributed by atoms with Gasteiger partial charge in [-0.15, -0.1) is 0 Å². The predicted molar refractivity (Wildman–Crippen MR) is 207 cm³/mol. The molecule has 0 aliphatic carbocycles. The third kappa shape index (κ3) is 7.70. The minimum atomic E-state index is -0.852. The molecule has 4 amide bonds. The molecule has 0 spiro atoms. The average Bonchev–Trinajstić information content (AvgIpc) is 3.19. The van der Waals surface area contributed by atoms with Crippen molar-refractivity contribution in [2.75, 3.05) is 45.7 Å². The fourth-order valence-electron chi connectivity index (χ4n) is 8.10. The standard InChI is InChI=1S/C40H45ClFN7O6/c1-46-22-30(28-8-13-43-21-29(28)38(46)52)24-18-31(41)36(34(19-24)55-3)39(53)48-16-11-26(12-17-48)47(2)40(54)49-14-9-23(10-15-49)27-5-4-25(20-32(27)42)44-33-6-7-35(50)45-37(33)51/h4-5,8,13,18-23,26,33,35,44,50H,6-7,9-12,14-17H2,1-3H3,(H,45,51). The number of hydrogen-bond acceptors (Lipinski definition) is 8. The van der Waals surface area contributed by atoms with Crippen LogP contribution < -0.4 is 20.9 Å². The van der Waals surface area contributed by atoms with E-state index in [1.54, 1.807) is 66.6 Å². The van der Waals surface area contributed by atoms with Gasteiger partial charge in [-0.2, -0.15) is 0 Å². The highest BCUT2D eigenvalue weighted by Gasteiger charge is 2.34. The summed E-state index contributed by atoms with van der Waals surface area (Å²) in [6.07, 6.45) is 7.34. The van der Waals surface area contributed by atoms with Crippen LogP contribution >= 0.6 is 11.6 Å². The lowest BCUT2D eigenvalue weighted by Gasteiger charge is -2.40. The van der Waals surface area contributed by atoms with Crippen molar-refractivity contribution in [1.82, 2.24) is 29.6 Å². The number of hydrogen-bond donors (Lipinski definition) is 3. The lowest BCUT2D eigenvalue weighted by molar-refractivity contribution is -0.127. The number of ether oxygens (including phenoxy) is 1. The molecule has 2 atom stereocenters. The summed E-state index contributed by atoms with van der Waals surface area (Å²) in [6, 6.07) is 9.50. The Hall–Kier alpha value is -5.21. The molecule has 5 heterocycles. The summed E-state index contributed by atoms with van der Waals surface area (Å²) in [4.78, 5) is 61.8. The van der Waals surface area contributed by atoms with Gasteiger partial charge in [0.05, 0.1) is 17.5 Å². The van der Waals surface area contributed by atoms with Crippen LogP contribution in [0.15, 0.2) is 59.8 Å². The summed E-state index contributed by atoms with van der Waals surface area (Å²) in [6.45, 7) is 1.85. The van der Waals surface area contributed by atoms with Crippen molar-refractivity contribution in [3.63, 3.8) is 0 Å². The fraction of sp³-hybridized carbons (Fsp3) is 0.425. The van der Waals surface area contributed by atoms with Crippen LogP contribution in [-0.4, -0.2) is 106 Å². The molecule has 15 heteroatoms. The number of piperidine rings is 3. The normalized spacial score (nSPS) is 19.6. The third-order valence-corrected chi connectivity index (χ3v) is 11.6. The number of fused-ring (bicyclic) bond motifs is 1. The first kappa shape index (κ1) is 38.1. The first-order valence-electron chi connectivity index (χ1n) is 18.6. The van der Waals surface area contributed by atoms with Gasteiger partial charge >= 0.3 is 6.03 Å². The van der Waals surface area contributed by atoms with E-state index < -0.39 is 12.3 Å². The number of methoxy groups -OCH3 is 1. The van der Waals surface area contributed by atoms with Crippen LogP contribution in [0.4, 0.5) is 14.9 Å². The lowest BCUT2D eigenvalue weighted by atomic mass is 9.89. The smallest absolute Gasteiger partial charge is 0.319 e. The largest absolute Gasteiger partial charge is 0.496 e. The maximum absolute atomic E-state index is 15.3. The highest BCUT2D eigenvalue weighted by molar-refractivity contribution is 6.34. The van der Waals surface area contributed by atoms with E-state index in [9.17, 15) is 24.3 Å². The number of pyridine rings is 2. The van der Waals surface area contributed by atoms with Crippen LogP contribution in [0, 0.1) is 5.82 Å². The number of rotatable bonds is 7. The molecule has 3 aliphatic rings. The van der Waals surface area contributed by atoms with Gasteiger partial charge in [0.25, 0.3) is 11.5 Å². The first-order chi connectivity index (χ1) is 26.4. The number of likely N-dealkylation sites (tertiary alicyclic amines) is 2. The Labute approximate surface area is 323 Å². The number of amides is 4. The van der Waals surface area contributed by atoms with Crippen molar-refractivity contribution < 1.29 is 28.6 Å². The van der Waals surface area contributed by atoms with Crippen molar-refractivity contribution in [3.05, 3.63) is 87.3 Å². The third-order valence-electron chi connectivity index (χ3n) is 11.3. The molecule has 7 rings (SSSR count). The first-order valence-corrected chi connectivity index (χ1v) is 19.0. The highest BCUT2D eigenvalue weighted by atomic mass is 35.5. The minimum absolute atomic E-state index is 0.0401. The van der Waals surface area contributed by atoms with Crippen molar-refractivity contribution in [2.24, 2.45) is 7.05 Å². The van der Waals surface area contributed by atoms with Gasteiger partial charge in [-0.1, -0.05) is 17.7 Å². The number of halogens is 2. The number of aliphatic hydroxyl groups excluding tert-OH is 1. The Balaban J connectivity index is 0.942. The van der Waals surface area contributed by atoms with E-state index in [-0.39, 0.29) is 51.8 Å². The minimum Gasteiger partial charge on any atom is -0.496 e. The molecular formula is C40H45ClFN7O6. The molecular weight excluding hydrogens is 729 g/mol. The number of anilines is 1. The number of nitrogens with one attached hydrogen (secondary N) is 2. The second kappa shape index (κ2) is 15.9. The van der Waals surface area contributed by atoms with Crippen LogP contribution in [0.25, 0.3) is 21.9 Å². The molecule has 3 saturated heterocycles. The van der Waals surface area contributed by atoms with E-state index in [1.165, 1.54) is 23.9 Å². The topological polar surface area (TPSA) is 149 Å². The Morgan fingerprint density at radius 2 is 1.73 bits per heavy atom. The Kier molecular flexibility index (Phi) is 11.0. The fourth-order valence-corrected chi connectivity index (χ4v) is 8.39.